The Kier molecular flexibility index (Phi) is 49.2. The van der Waals surface area contributed by atoms with Gasteiger partial charge in [-0.15, -0.1) is 0 Å². The standard InChI is InChI=1S/C11H18.C10H20O.C8H14O.C8H18O.C7H14O.2C6H14O.2C5H12O.C4H10O/c1-11-5-8-2-9(6-11)4-10(3-8)7-11;1-10(2,11-3)9-7-5-4-6-8-9;1-9-8-5-6-2-3-7(8)4-6;1-5-8(6-2,7-3)9-4;1-8-7-5-3-2-4-6-7;1-5-6(2,3)7-4;1-4-6(5-2)7-3;1-5(2,3)6-4;1-4-5(2)6-3;1-4(2)5-3/h8-10H,2-7H2,1H3;9H,4-8H2,1-3H3;6-8H,2-5H2,1H3;5-7H2,1-4H3;7H,2-6H2,1H3;5H2,1-4H3;6H,4-5H2,1-3H3;1-4H3;5H,4H2,1-3H3;4H,1-3H3. The molecular weight excluding hydrogens is 985 g/mol. The van der Waals surface area contributed by atoms with Crippen LogP contribution in [0.1, 0.15) is 298 Å². The molecular formula is C70H146O9. The van der Waals surface area contributed by atoms with Crippen LogP contribution in [0.15, 0.2) is 0 Å². The monoisotopic (exact) mass is 1130 g/mol. The van der Waals surface area contributed by atoms with Gasteiger partial charge in [0.15, 0.2) is 0 Å². The summed E-state index contributed by atoms with van der Waals surface area (Å²) in [6, 6.07) is 0. The van der Waals surface area contributed by atoms with Gasteiger partial charge in [0, 0.05) is 64.0 Å². The lowest BCUT2D eigenvalue weighted by atomic mass is 9.50. The first kappa shape index (κ1) is 82.9. The minimum atomic E-state index is 0.0417. The highest BCUT2D eigenvalue weighted by molar-refractivity contribution is 4.99. The van der Waals surface area contributed by atoms with Crippen LogP contribution < -0.4 is 0 Å². The topological polar surface area (TPSA) is 83.1 Å². The summed E-state index contributed by atoms with van der Waals surface area (Å²) in [6.45, 7) is 38.3. The van der Waals surface area contributed by atoms with Crippen LogP contribution in [0.3, 0.4) is 0 Å². The van der Waals surface area contributed by atoms with Gasteiger partial charge in [-0.1, -0.05) is 93.9 Å². The molecule has 8 saturated carbocycles. The van der Waals surface area contributed by atoms with Crippen LogP contribution in [0, 0.1) is 40.9 Å². The van der Waals surface area contributed by atoms with Gasteiger partial charge in [-0.25, -0.2) is 0 Å². The molecule has 8 aliphatic rings. The van der Waals surface area contributed by atoms with E-state index in [0.717, 1.165) is 85.9 Å². The summed E-state index contributed by atoms with van der Waals surface area (Å²) in [7, 11) is 15.9. The summed E-state index contributed by atoms with van der Waals surface area (Å²) >= 11 is 0. The van der Waals surface area contributed by atoms with Crippen molar-refractivity contribution in [2.24, 2.45) is 40.9 Å². The van der Waals surface area contributed by atoms with Gasteiger partial charge in [-0.3, -0.25) is 0 Å². The SMILES string of the molecule is CC12CC3CC(CC(C3)C1)C2.CCC(C)(C)OC.CCC(C)OC.CCC(CC)(CC)OC.CCC(CC)OC.COC(C)(C)C.COC(C)(C)C1CCCCC1.COC(C)C.COC1CC2CCC1C2.COC1CCCCC1. The van der Waals surface area contributed by atoms with E-state index in [1.165, 1.54) is 89.9 Å². The molecule has 0 aromatic carbocycles. The first-order chi connectivity index (χ1) is 37.1. The fourth-order valence-corrected chi connectivity index (χ4v) is 12.4. The van der Waals surface area contributed by atoms with Gasteiger partial charge in [0.05, 0.1) is 52.9 Å². The average Bonchev–Trinajstić information content (AvgIpc) is 4.10. The third-order valence-electron chi connectivity index (χ3n) is 19.4. The van der Waals surface area contributed by atoms with Crippen molar-refractivity contribution in [3.05, 3.63) is 0 Å². The first-order valence-corrected chi connectivity index (χ1v) is 32.9. The second kappa shape index (κ2) is 46.9. The summed E-state index contributed by atoms with van der Waals surface area (Å²) in [5.74, 6) is 6.19. The van der Waals surface area contributed by atoms with Crippen molar-refractivity contribution in [3.8, 4) is 0 Å². The Hall–Kier alpha value is -0.360. The van der Waals surface area contributed by atoms with Crippen LogP contribution in [-0.4, -0.2) is 117 Å². The van der Waals surface area contributed by atoms with Gasteiger partial charge >= 0.3 is 0 Å². The molecule has 0 aromatic rings. The smallest absolute Gasteiger partial charge is 0.0671 e. The summed E-state index contributed by atoms with van der Waals surface area (Å²) in [5.41, 5.74) is 1.20. The molecule has 8 aliphatic carbocycles. The van der Waals surface area contributed by atoms with Gasteiger partial charge in [0.25, 0.3) is 0 Å². The van der Waals surface area contributed by atoms with Gasteiger partial charge in [0.1, 0.15) is 0 Å². The zero-order valence-corrected chi connectivity index (χ0v) is 58.6. The molecule has 4 unspecified atom stereocenters. The van der Waals surface area contributed by atoms with Gasteiger partial charge in [-0.05, 0) is 245 Å². The molecule has 8 fully saturated rings. The molecule has 480 valence electrons. The molecule has 0 spiro atoms. The third kappa shape index (κ3) is 39.8. The molecule has 0 N–H and O–H groups in total. The van der Waals surface area contributed by atoms with E-state index >= 15 is 0 Å². The highest BCUT2D eigenvalue weighted by Gasteiger charge is 2.48. The lowest BCUT2D eigenvalue weighted by molar-refractivity contribution is -0.0411. The fourth-order valence-electron chi connectivity index (χ4n) is 12.4. The highest BCUT2D eigenvalue weighted by atomic mass is 16.5. The maximum Gasteiger partial charge on any atom is 0.0671 e. The lowest BCUT2D eigenvalue weighted by Crippen LogP contribution is -2.44. The van der Waals surface area contributed by atoms with Gasteiger partial charge < -0.3 is 42.6 Å². The summed E-state index contributed by atoms with van der Waals surface area (Å²) in [6.07, 6.45) is 39.2. The second-order valence-corrected chi connectivity index (χ2v) is 27.3. The predicted octanol–water partition coefficient (Wildman–Crippen LogP) is 20.1. The molecule has 9 heteroatoms. The van der Waals surface area contributed by atoms with Crippen LogP contribution in [0.25, 0.3) is 0 Å². The first-order valence-electron chi connectivity index (χ1n) is 32.9. The maximum atomic E-state index is 5.48. The maximum absolute atomic E-state index is 5.48. The van der Waals surface area contributed by atoms with Crippen LogP contribution in [0.4, 0.5) is 0 Å². The molecule has 0 amide bonds. The van der Waals surface area contributed by atoms with Crippen molar-refractivity contribution < 1.29 is 42.6 Å². The van der Waals surface area contributed by atoms with Crippen LogP contribution >= 0.6 is 0 Å². The van der Waals surface area contributed by atoms with Crippen molar-refractivity contribution >= 4 is 0 Å². The Morgan fingerprint density at radius 3 is 1.05 bits per heavy atom. The van der Waals surface area contributed by atoms with E-state index in [9.17, 15) is 0 Å². The molecule has 6 bridgehead atoms. The van der Waals surface area contributed by atoms with E-state index < -0.39 is 0 Å². The zero-order valence-electron chi connectivity index (χ0n) is 58.6. The Morgan fingerprint density at radius 1 is 0.443 bits per heavy atom. The average molecular weight is 1130 g/mol. The van der Waals surface area contributed by atoms with Crippen molar-refractivity contribution in [2.75, 3.05) is 64.0 Å². The number of methoxy groups -OCH3 is 9. The minimum Gasteiger partial charge on any atom is -0.382 e. The molecule has 0 heterocycles. The largest absolute Gasteiger partial charge is 0.382 e. The second-order valence-electron chi connectivity index (χ2n) is 27.3. The Morgan fingerprint density at radius 2 is 0.886 bits per heavy atom. The highest BCUT2D eigenvalue weighted by Crippen LogP contribution is 2.59. The van der Waals surface area contributed by atoms with E-state index in [4.69, 9.17) is 42.6 Å². The van der Waals surface area contributed by atoms with Crippen molar-refractivity contribution in [1.82, 2.24) is 0 Å². The molecule has 0 saturated heterocycles. The quantitative estimate of drug-likeness (QED) is 0.150. The zero-order chi connectivity index (χ0) is 61.3. The number of rotatable bonds is 16. The molecule has 0 aliphatic heterocycles. The molecule has 0 aromatic heterocycles. The van der Waals surface area contributed by atoms with Gasteiger partial charge in [0.2, 0.25) is 0 Å². The number of ether oxygens (including phenoxy) is 9. The number of fused-ring (bicyclic) bond motifs is 2. The molecule has 79 heavy (non-hydrogen) atoms. The van der Waals surface area contributed by atoms with E-state index in [1.807, 2.05) is 55.9 Å². The van der Waals surface area contributed by atoms with E-state index in [2.05, 4.69) is 90.0 Å². The summed E-state index contributed by atoms with van der Waals surface area (Å²) < 4.78 is 46.1. The molecule has 0 radical (unpaired) electrons. The predicted molar refractivity (Wildman–Crippen MR) is 343 cm³/mol. The molecule has 9 nitrogen and oxygen atoms in total. The number of hydrogen-bond acceptors (Lipinski definition) is 9. The van der Waals surface area contributed by atoms with E-state index in [0.29, 0.717) is 30.5 Å². The van der Waals surface area contributed by atoms with Crippen molar-refractivity contribution in [1.29, 1.82) is 0 Å². The Labute approximate surface area is 496 Å². The fraction of sp³-hybridized carbons (Fsp3) is 1.00. The Bertz CT molecular complexity index is 1240. The van der Waals surface area contributed by atoms with Crippen LogP contribution in [0.5, 0.6) is 0 Å². The normalized spacial score (nSPS) is 25.3. The van der Waals surface area contributed by atoms with Crippen molar-refractivity contribution in [2.45, 2.75) is 351 Å². The van der Waals surface area contributed by atoms with E-state index in [1.54, 1.807) is 81.2 Å². The minimum absolute atomic E-state index is 0.0417. The van der Waals surface area contributed by atoms with Crippen LogP contribution in [-0.2, 0) is 42.6 Å². The summed E-state index contributed by atoms with van der Waals surface area (Å²) in [4.78, 5) is 0. The third-order valence-corrected chi connectivity index (χ3v) is 19.4. The lowest BCUT2D eigenvalue weighted by Gasteiger charge is -2.55. The summed E-state index contributed by atoms with van der Waals surface area (Å²) in [5, 5.41) is 0. The Balaban J connectivity index is -0.000000821. The van der Waals surface area contributed by atoms with Crippen molar-refractivity contribution in [3.63, 3.8) is 0 Å². The molecule has 8 rings (SSSR count). The number of hydrogen-bond donors (Lipinski definition) is 0. The van der Waals surface area contributed by atoms with Crippen LogP contribution in [0.2, 0.25) is 0 Å². The van der Waals surface area contributed by atoms with E-state index in [-0.39, 0.29) is 22.4 Å². The van der Waals surface area contributed by atoms with Gasteiger partial charge in [-0.2, -0.15) is 0 Å². The molecule has 4 atom stereocenters.